The number of nitrogens with zero attached hydrogens (tertiary/aromatic N) is 4. The lowest BCUT2D eigenvalue weighted by Gasteiger charge is -2.46. The minimum atomic E-state index is -0.375. The van der Waals surface area contributed by atoms with Crippen molar-refractivity contribution in [2.45, 2.75) is 25.8 Å². The molecule has 28 heavy (non-hydrogen) atoms. The van der Waals surface area contributed by atoms with Crippen molar-refractivity contribution in [2.75, 3.05) is 38.1 Å². The van der Waals surface area contributed by atoms with E-state index in [9.17, 15) is 14.0 Å². The predicted octanol–water partition coefficient (Wildman–Crippen LogP) is 1.99. The summed E-state index contributed by atoms with van der Waals surface area (Å²) in [7, 11) is 1.91. The molecule has 2 aliphatic rings. The summed E-state index contributed by atoms with van der Waals surface area (Å²) >= 11 is 0. The van der Waals surface area contributed by atoms with Crippen LogP contribution in [0.5, 0.6) is 0 Å². The summed E-state index contributed by atoms with van der Waals surface area (Å²) in [5.74, 6) is -0.0399. The average molecular weight is 386 g/mol. The van der Waals surface area contributed by atoms with Gasteiger partial charge in [-0.25, -0.2) is 4.39 Å². The first-order chi connectivity index (χ1) is 13.3. The van der Waals surface area contributed by atoms with Gasteiger partial charge in [0.25, 0.3) is 5.91 Å². The number of likely N-dealkylation sites (tertiary alicyclic amines) is 1. The molecule has 1 aromatic heterocycles. The summed E-state index contributed by atoms with van der Waals surface area (Å²) in [5, 5.41) is 3.88. The van der Waals surface area contributed by atoms with Crippen molar-refractivity contribution in [3.63, 3.8) is 0 Å². The number of hydrogen-bond acceptors (Lipinski definition) is 5. The van der Waals surface area contributed by atoms with Crippen LogP contribution in [0.4, 0.5) is 10.1 Å². The van der Waals surface area contributed by atoms with Gasteiger partial charge in [0, 0.05) is 25.3 Å². The zero-order valence-corrected chi connectivity index (χ0v) is 16.2. The maximum absolute atomic E-state index is 13.7. The minimum absolute atomic E-state index is 0.0748. The minimum Gasteiger partial charge on any atom is -0.361 e. The van der Waals surface area contributed by atoms with E-state index in [1.807, 2.05) is 11.9 Å². The second-order valence-electron chi connectivity index (χ2n) is 7.72. The van der Waals surface area contributed by atoms with Crippen molar-refractivity contribution in [1.29, 1.82) is 0 Å². The number of likely N-dealkylation sites (N-methyl/N-ethyl adjacent to an activating group) is 1. The van der Waals surface area contributed by atoms with Crippen LogP contribution in [-0.4, -0.2) is 65.5 Å². The van der Waals surface area contributed by atoms with Crippen LogP contribution in [0.3, 0.4) is 0 Å². The first-order valence-corrected chi connectivity index (χ1v) is 9.30. The van der Waals surface area contributed by atoms with Gasteiger partial charge >= 0.3 is 0 Å². The highest BCUT2D eigenvalue weighted by atomic mass is 19.1. The molecule has 148 valence electrons. The topological polar surface area (TPSA) is 69.9 Å². The predicted molar refractivity (Wildman–Crippen MR) is 101 cm³/mol. The Balaban J connectivity index is 1.59. The van der Waals surface area contributed by atoms with E-state index in [0.717, 1.165) is 6.42 Å². The second-order valence-corrected chi connectivity index (χ2v) is 7.72. The summed E-state index contributed by atoms with van der Waals surface area (Å²) in [6.45, 7) is 5.20. The highest BCUT2D eigenvalue weighted by Crippen LogP contribution is 2.34. The number of aryl methyl sites for hydroxylation is 2. The third kappa shape index (κ3) is 2.97. The van der Waals surface area contributed by atoms with Gasteiger partial charge in [-0.05, 0) is 45.5 Å². The van der Waals surface area contributed by atoms with Gasteiger partial charge in [-0.15, -0.1) is 0 Å². The van der Waals surface area contributed by atoms with Gasteiger partial charge in [0.05, 0.1) is 17.8 Å². The number of hydrogen-bond donors (Lipinski definition) is 0. The van der Waals surface area contributed by atoms with Crippen molar-refractivity contribution in [3.8, 4) is 0 Å². The van der Waals surface area contributed by atoms with Crippen molar-refractivity contribution in [2.24, 2.45) is 0 Å². The van der Waals surface area contributed by atoms with E-state index in [1.54, 1.807) is 35.8 Å². The van der Waals surface area contributed by atoms with E-state index >= 15 is 0 Å². The van der Waals surface area contributed by atoms with Gasteiger partial charge < -0.3 is 14.3 Å². The zero-order chi connectivity index (χ0) is 20.1. The van der Waals surface area contributed by atoms with E-state index in [-0.39, 0.29) is 29.7 Å². The van der Waals surface area contributed by atoms with Crippen LogP contribution in [0.25, 0.3) is 0 Å². The molecule has 1 aromatic carbocycles. The molecule has 1 spiro atoms. The SMILES string of the molecule is Cc1noc(C)c1C(=O)N1CC[C@@]2(C1)CN(c1cccc(F)c1)C(=O)CN2C. The van der Waals surface area contributed by atoms with Gasteiger partial charge in [0.2, 0.25) is 5.91 Å². The summed E-state index contributed by atoms with van der Waals surface area (Å²) < 4.78 is 18.8. The molecular formula is C20H23FN4O3. The Morgan fingerprint density at radius 3 is 2.75 bits per heavy atom. The lowest BCUT2D eigenvalue weighted by Crippen LogP contribution is -2.64. The molecule has 1 atom stereocenters. The maximum Gasteiger partial charge on any atom is 0.259 e. The molecule has 2 saturated heterocycles. The fourth-order valence-corrected chi connectivity index (χ4v) is 4.26. The Labute approximate surface area is 162 Å². The van der Waals surface area contributed by atoms with E-state index in [0.29, 0.717) is 42.3 Å². The highest BCUT2D eigenvalue weighted by Gasteiger charge is 2.49. The molecule has 2 amide bonds. The van der Waals surface area contributed by atoms with Crippen LogP contribution in [-0.2, 0) is 4.79 Å². The first kappa shape index (κ1) is 18.6. The van der Waals surface area contributed by atoms with Crippen molar-refractivity contribution in [3.05, 3.63) is 47.1 Å². The average Bonchev–Trinajstić information content (AvgIpc) is 3.22. The lowest BCUT2D eigenvalue weighted by atomic mass is 9.92. The lowest BCUT2D eigenvalue weighted by molar-refractivity contribution is -0.123. The molecule has 3 heterocycles. The Morgan fingerprint density at radius 1 is 1.29 bits per heavy atom. The monoisotopic (exact) mass is 386 g/mol. The number of halogens is 1. The molecule has 2 aliphatic heterocycles. The maximum atomic E-state index is 13.7. The van der Waals surface area contributed by atoms with E-state index in [2.05, 4.69) is 5.16 Å². The molecule has 8 heteroatoms. The molecule has 0 unspecified atom stereocenters. The van der Waals surface area contributed by atoms with Crippen LogP contribution < -0.4 is 4.90 Å². The Bertz CT molecular complexity index is 924. The largest absolute Gasteiger partial charge is 0.361 e. The molecule has 0 saturated carbocycles. The standard InChI is InChI=1S/C20H23FN4O3/c1-13-18(14(2)28-22-13)19(27)24-8-7-20(11-24)12-25(17(26)10-23(20)3)16-6-4-5-15(21)9-16/h4-6,9H,7-8,10-12H2,1-3H3/t20-/m1/s1. The highest BCUT2D eigenvalue weighted by molar-refractivity contribution is 5.97. The molecule has 4 rings (SSSR count). The molecule has 0 aliphatic carbocycles. The Hall–Kier alpha value is -2.74. The van der Waals surface area contributed by atoms with Gasteiger partial charge in [-0.3, -0.25) is 14.5 Å². The number of piperazine rings is 1. The van der Waals surface area contributed by atoms with E-state index in [1.165, 1.54) is 12.1 Å². The molecule has 7 nitrogen and oxygen atoms in total. The van der Waals surface area contributed by atoms with Gasteiger partial charge in [0.1, 0.15) is 17.1 Å². The summed E-state index contributed by atoms with van der Waals surface area (Å²) in [6.07, 6.45) is 0.734. The number of rotatable bonds is 2. The zero-order valence-electron chi connectivity index (χ0n) is 16.2. The number of anilines is 1. The van der Waals surface area contributed by atoms with E-state index in [4.69, 9.17) is 4.52 Å². The summed E-state index contributed by atoms with van der Waals surface area (Å²) in [4.78, 5) is 31.1. The van der Waals surface area contributed by atoms with Crippen LogP contribution in [0.1, 0.15) is 28.2 Å². The van der Waals surface area contributed by atoms with Crippen molar-refractivity contribution in [1.82, 2.24) is 15.0 Å². The van der Waals surface area contributed by atoms with Crippen molar-refractivity contribution >= 4 is 17.5 Å². The quantitative estimate of drug-likeness (QED) is 0.790. The van der Waals surface area contributed by atoms with Crippen molar-refractivity contribution < 1.29 is 18.5 Å². The van der Waals surface area contributed by atoms with Gasteiger partial charge in [-0.2, -0.15) is 0 Å². The number of carbonyl (C=O) groups excluding carboxylic acids is 2. The number of carbonyl (C=O) groups is 2. The second kappa shape index (κ2) is 6.70. The van der Waals surface area contributed by atoms with Gasteiger partial charge in [-0.1, -0.05) is 11.2 Å². The molecule has 2 fully saturated rings. The number of amides is 2. The molecule has 0 radical (unpaired) electrons. The smallest absolute Gasteiger partial charge is 0.259 e. The molecule has 0 bridgehead atoms. The third-order valence-corrected chi connectivity index (χ3v) is 5.92. The van der Waals surface area contributed by atoms with Crippen LogP contribution >= 0.6 is 0 Å². The van der Waals surface area contributed by atoms with Crippen LogP contribution in [0, 0.1) is 19.7 Å². The molecular weight excluding hydrogens is 363 g/mol. The summed E-state index contributed by atoms with van der Waals surface area (Å²) in [6, 6.07) is 6.07. The summed E-state index contributed by atoms with van der Waals surface area (Å²) in [5.41, 5.74) is 1.27. The molecule has 0 N–H and O–H groups in total. The Kier molecular flexibility index (Phi) is 4.45. The fraction of sp³-hybridized carbons (Fsp3) is 0.450. The number of benzene rings is 1. The normalized spacial score (nSPS) is 23.1. The fourth-order valence-electron chi connectivity index (χ4n) is 4.26. The van der Waals surface area contributed by atoms with Gasteiger partial charge in [0.15, 0.2) is 0 Å². The number of aromatic nitrogens is 1. The molecule has 2 aromatic rings. The Morgan fingerprint density at radius 2 is 2.07 bits per heavy atom. The third-order valence-electron chi connectivity index (χ3n) is 5.92. The van der Waals surface area contributed by atoms with Crippen LogP contribution in [0.15, 0.2) is 28.8 Å². The first-order valence-electron chi connectivity index (χ1n) is 9.30. The van der Waals surface area contributed by atoms with E-state index < -0.39 is 0 Å². The van der Waals surface area contributed by atoms with Crippen LogP contribution in [0.2, 0.25) is 0 Å².